The van der Waals surface area contributed by atoms with Crippen LogP contribution in [-0.4, -0.2) is 34.2 Å². The molecule has 0 heterocycles. The SMILES string of the molecule is COc1ccc(C(CC(C)C)NC(=O)CN(c2ccc(OCc3ccccc3)cc2)S(C)(=O)=O)cc1. The second kappa shape index (κ2) is 12.4. The van der Waals surface area contributed by atoms with E-state index in [9.17, 15) is 13.2 Å². The second-order valence-corrected chi connectivity index (χ2v) is 11.0. The molecular formula is C28H34N2O5S. The lowest BCUT2D eigenvalue weighted by molar-refractivity contribution is -0.120. The highest BCUT2D eigenvalue weighted by Gasteiger charge is 2.23. The lowest BCUT2D eigenvalue weighted by atomic mass is 9.97. The molecule has 36 heavy (non-hydrogen) atoms. The van der Waals surface area contributed by atoms with E-state index in [0.717, 1.165) is 27.4 Å². The first kappa shape index (κ1) is 27.1. The van der Waals surface area contributed by atoms with E-state index in [1.807, 2.05) is 54.6 Å². The summed E-state index contributed by atoms with van der Waals surface area (Å²) in [7, 11) is -2.10. The van der Waals surface area contributed by atoms with Crippen LogP contribution >= 0.6 is 0 Å². The zero-order chi connectivity index (χ0) is 26.1. The van der Waals surface area contributed by atoms with E-state index in [-0.39, 0.29) is 18.5 Å². The Balaban J connectivity index is 1.70. The molecule has 8 heteroatoms. The highest BCUT2D eigenvalue weighted by molar-refractivity contribution is 7.92. The van der Waals surface area contributed by atoms with Crippen LogP contribution in [0.25, 0.3) is 0 Å². The fourth-order valence-corrected chi connectivity index (χ4v) is 4.66. The normalized spacial score (nSPS) is 12.1. The van der Waals surface area contributed by atoms with E-state index in [1.165, 1.54) is 0 Å². The van der Waals surface area contributed by atoms with Gasteiger partial charge in [-0.2, -0.15) is 0 Å². The number of carbonyl (C=O) groups is 1. The van der Waals surface area contributed by atoms with Gasteiger partial charge in [0.25, 0.3) is 0 Å². The third kappa shape index (κ3) is 8.02. The minimum Gasteiger partial charge on any atom is -0.497 e. The minimum atomic E-state index is -3.70. The summed E-state index contributed by atoms with van der Waals surface area (Å²) in [4.78, 5) is 13.0. The van der Waals surface area contributed by atoms with Crippen LogP contribution in [0.2, 0.25) is 0 Å². The van der Waals surface area contributed by atoms with Crippen LogP contribution in [-0.2, 0) is 21.4 Å². The summed E-state index contributed by atoms with van der Waals surface area (Å²) >= 11 is 0. The van der Waals surface area contributed by atoms with Gasteiger partial charge in [0.1, 0.15) is 24.7 Å². The van der Waals surface area contributed by atoms with E-state index in [4.69, 9.17) is 9.47 Å². The molecular weight excluding hydrogens is 476 g/mol. The fourth-order valence-electron chi connectivity index (χ4n) is 3.81. The van der Waals surface area contributed by atoms with Gasteiger partial charge in [-0.25, -0.2) is 8.42 Å². The number of rotatable bonds is 12. The molecule has 0 spiro atoms. The average Bonchev–Trinajstić information content (AvgIpc) is 2.86. The Kier molecular flexibility index (Phi) is 9.36. The van der Waals surface area contributed by atoms with Crippen LogP contribution in [0, 0.1) is 5.92 Å². The van der Waals surface area contributed by atoms with Crippen molar-refractivity contribution in [2.24, 2.45) is 5.92 Å². The summed E-state index contributed by atoms with van der Waals surface area (Å²) in [5.74, 6) is 1.28. The predicted molar refractivity (Wildman–Crippen MR) is 143 cm³/mol. The Hall–Kier alpha value is -3.52. The summed E-state index contributed by atoms with van der Waals surface area (Å²) in [5.41, 5.74) is 2.36. The van der Waals surface area contributed by atoms with Crippen molar-refractivity contribution in [1.29, 1.82) is 0 Å². The van der Waals surface area contributed by atoms with Crippen LogP contribution < -0.4 is 19.1 Å². The fraction of sp³-hybridized carbons (Fsp3) is 0.321. The zero-order valence-electron chi connectivity index (χ0n) is 21.2. The molecule has 7 nitrogen and oxygen atoms in total. The van der Waals surface area contributed by atoms with E-state index in [0.29, 0.717) is 30.4 Å². The molecule has 1 amide bonds. The van der Waals surface area contributed by atoms with E-state index >= 15 is 0 Å². The zero-order valence-corrected chi connectivity index (χ0v) is 22.0. The lowest BCUT2D eigenvalue weighted by Gasteiger charge is -2.25. The minimum absolute atomic E-state index is 0.251. The van der Waals surface area contributed by atoms with Crippen LogP contribution in [0.5, 0.6) is 11.5 Å². The molecule has 0 bridgehead atoms. The van der Waals surface area contributed by atoms with Crippen LogP contribution in [0.1, 0.15) is 37.4 Å². The standard InChI is InChI=1S/C28H34N2O5S/c1-21(2)18-27(23-10-14-25(34-3)15-11-23)29-28(31)19-30(36(4,32)33)24-12-16-26(17-13-24)35-20-22-8-6-5-7-9-22/h5-17,21,27H,18-20H2,1-4H3,(H,29,31). The Bertz CT molecular complexity index is 1210. The van der Waals surface area contributed by atoms with Gasteiger partial charge in [-0.05, 0) is 59.9 Å². The molecule has 3 aromatic rings. The maximum absolute atomic E-state index is 13.0. The molecule has 0 aliphatic heterocycles. The highest BCUT2D eigenvalue weighted by atomic mass is 32.2. The van der Waals surface area contributed by atoms with Gasteiger partial charge in [-0.3, -0.25) is 9.10 Å². The maximum atomic E-state index is 13.0. The van der Waals surface area contributed by atoms with Crippen LogP contribution in [0.15, 0.2) is 78.9 Å². The number of benzene rings is 3. The largest absolute Gasteiger partial charge is 0.497 e. The first-order chi connectivity index (χ1) is 17.2. The first-order valence-electron chi connectivity index (χ1n) is 11.8. The number of methoxy groups -OCH3 is 1. The molecule has 3 rings (SSSR count). The Morgan fingerprint density at radius 3 is 2.08 bits per heavy atom. The van der Waals surface area contributed by atoms with Gasteiger partial charge in [0.05, 0.1) is 25.1 Å². The third-order valence-corrected chi connectivity index (χ3v) is 6.76. The van der Waals surface area contributed by atoms with Gasteiger partial charge in [-0.1, -0.05) is 56.3 Å². The van der Waals surface area contributed by atoms with E-state index in [1.54, 1.807) is 31.4 Å². The number of nitrogens with one attached hydrogen (secondary N) is 1. The summed E-state index contributed by atoms with van der Waals surface area (Å²) in [6.45, 7) is 4.23. The summed E-state index contributed by atoms with van der Waals surface area (Å²) in [5, 5.41) is 3.01. The molecule has 0 aliphatic carbocycles. The quantitative estimate of drug-likeness (QED) is 0.373. The van der Waals surface area contributed by atoms with Gasteiger partial charge in [0.15, 0.2) is 0 Å². The molecule has 0 radical (unpaired) electrons. The Morgan fingerprint density at radius 1 is 0.917 bits per heavy atom. The van der Waals surface area contributed by atoms with E-state index < -0.39 is 10.0 Å². The van der Waals surface area contributed by atoms with Gasteiger partial charge in [0, 0.05) is 0 Å². The number of nitrogens with zero attached hydrogens (tertiary/aromatic N) is 1. The molecule has 0 fully saturated rings. The first-order valence-corrected chi connectivity index (χ1v) is 13.7. The molecule has 1 unspecified atom stereocenters. The molecule has 192 valence electrons. The van der Waals surface area contributed by atoms with Crippen LogP contribution in [0.4, 0.5) is 5.69 Å². The van der Waals surface area contributed by atoms with Crippen molar-refractivity contribution in [3.8, 4) is 11.5 Å². The third-order valence-electron chi connectivity index (χ3n) is 5.62. The van der Waals surface area contributed by atoms with Gasteiger partial charge < -0.3 is 14.8 Å². The van der Waals surface area contributed by atoms with Crippen LogP contribution in [0.3, 0.4) is 0 Å². The number of carbonyl (C=O) groups excluding carboxylic acids is 1. The van der Waals surface area contributed by atoms with Crippen molar-refractivity contribution < 1.29 is 22.7 Å². The van der Waals surface area contributed by atoms with E-state index in [2.05, 4.69) is 19.2 Å². The average molecular weight is 511 g/mol. The number of hydrogen-bond donors (Lipinski definition) is 1. The van der Waals surface area contributed by atoms with Crippen molar-refractivity contribution in [3.63, 3.8) is 0 Å². The van der Waals surface area contributed by atoms with Crippen molar-refractivity contribution >= 4 is 21.6 Å². The van der Waals surface area contributed by atoms with Crippen molar-refractivity contribution in [3.05, 3.63) is 90.0 Å². The van der Waals surface area contributed by atoms with Gasteiger partial charge in [-0.15, -0.1) is 0 Å². The van der Waals surface area contributed by atoms with Crippen molar-refractivity contribution in [2.75, 3.05) is 24.2 Å². The number of sulfonamides is 1. The molecule has 0 aliphatic rings. The van der Waals surface area contributed by atoms with Gasteiger partial charge >= 0.3 is 0 Å². The summed E-state index contributed by atoms with van der Waals surface area (Å²) < 4.78 is 37.3. The molecule has 0 saturated carbocycles. The monoisotopic (exact) mass is 510 g/mol. The Labute approximate surface area is 214 Å². The second-order valence-electron chi connectivity index (χ2n) is 9.06. The topological polar surface area (TPSA) is 84.9 Å². The molecule has 3 aromatic carbocycles. The van der Waals surface area contributed by atoms with Crippen molar-refractivity contribution in [2.45, 2.75) is 32.9 Å². The number of amides is 1. The molecule has 1 N–H and O–H groups in total. The molecule has 1 atom stereocenters. The molecule has 0 aromatic heterocycles. The van der Waals surface area contributed by atoms with Gasteiger partial charge in [0.2, 0.25) is 15.9 Å². The lowest BCUT2D eigenvalue weighted by Crippen LogP contribution is -2.41. The summed E-state index contributed by atoms with van der Waals surface area (Å²) in [6, 6.07) is 23.7. The maximum Gasteiger partial charge on any atom is 0.241 e. The summed E-state index contributed by atoms with van der Waals surface area (Å²) in [6.07, 6.45) is 1.81. The number of anilines is 1. The number of hydrogen-bond acceptors (Lipinski definition) is 5. The number of ether oxygens (including phenoxy) is 2. The predicted octanol–water partition coefficient (Wildman–Crippen LogP) is 4.94. The molecule has 0 saturated heterocycles. The highest BCUT2D eigenvalue weighted by Crippen LogP contribution is 2.25. The Morgan fingerprint density at radius 2 is 1.53 bits per heavy atom. The van der Waals surface area contributed by atoms with Crippen molar-refractivity contribution in [1.82, 2.24) is 5.32 Å². The smallest absolute Gasteiger partial charge is 0.241 e.